The van der Waals surface area contributed by atoms with Crippen LogP contribution in [-0.4, -0.2) is 31.0 Å². The van der Waals surface area contributed by atoms with Crippen LogP contribution in [0.4, 0.5) is 0 Å². The molecule has 0 aliphatic heterocycles. The van der Waals surface area contributed by atoms with Gasteiger partial charge in [-0.3, -0.25) is 0 Å². The smallest absolute Gasteiger partial charge is 0.291 e. The number of benzene rings is 1. The van der Waals surface area contributed by atoms with Crippen LogP contribution in [0, 0.1) is 10.1 Å². The minimum absolute atomic E-state index is 0.580. The van der Waals surface area contributed by atoms with Gasteiger partial charge < -0.3 is 14.5 Å². The van der Waals surface area contributed by atoms with Crippen LogP contribution in [0.3, 0.4) is 0 Å². The zero-order valence-corrected chi connectivity index (χ0v) is 17.4. The van der Waals surface area contributed by atoms with E-state index in [1.54, 1.807) is 18.6 Å². The van der Waals surface area contributed by atoms with E-state index < -0.39 is 5.09 Å². The molecule has 0 spiro atoms. The highest BCUT2D eigenvalue weighted by Crippen LogP contribution is 2.32. The van der Waals surface area contributed by atoms with Gasteiger partial charge in [0.05, 0.1) is 17.5 Å². The number of nitrogens with zero attached hydrogens (tertiary/aromatic N) is 3. The highest BCUT2D eigenvalue weighted by atomic mass is 35.5. The molecule has 1 aliphatic carbocycles. The van der Waals surface area contributed by atoms with Crippen molar-refractivity contribution in [2.24, 2.45) is 0 Å². The van der Waals surface area contributed by atoms with Gasteiger partial charge in [0.2, 0.25) is 0 Å². The molecule has 2 aromatic rings. The van der Waals surface area contributed by atoms with E-state index in [2.05, 4.69) is 4.98 Å². The molecule has 0 saturated heterocycles. The van der Waals surface area contributed by atoms with E-state index in [-0.39, 0.29) is 0 Å². The fourth-order valence-corrected chi connectivity index (χ4v) is 4.34. The van der Waals surface area contributed by atoms with Crippen LogP contribution in [0.15, 0.2) is 36.9 Å². The standard InChI is InChI=1S/C18H20Cl2N2OS.HNO3/c19-14-6-7-16(17(20)10-14)18(11-22-9-8-21-12-22)23-13-24-15-4-2-1-3-5-15;2-1(3)4/h6-12,15H,1-5,13H2;(H,2,3,4). The molecule has 28 heavy (non-hydrogen) atoms. The fraction of sp³-hybridized carbons (Fsp3) is 0.389. The van der Waals surface area contributed by atoms with Crippen molar-refractivity contribution in [2.45, 2.75) is 37.4 Å². The minimum Gasteiger partial charge on any atom is -0.481 e. The van der Waals surface area contributed by atoms with Crippen LogP contribution >= 0.6 is 35.0 Å². The second-order valence-corrected chi connectivity index (χ2v) is 8.13. The Bertz CT molecular complexity index is 777. The van der Waals surface area contributed by atoms with E-state index in [1.165, 1.54) is 32.1 Å². The summed E-state index contributed by atoms with van der Waals surface area (Å²) in [4.78, 5) is 12.4. The Kier molecular flexibility index (Phi) is 9.46. The third kappa shape index (κ3) is 8.00. The lowest BCUT2D eigenvalue weighted by atomic mass is 10.0. The Hall–Kier alpha value is -1.90. The highest BCUT2D eigenvalue weighted by Gasteiger charge is 2.15. The Morgan fingerprint density at radius 1 is 1.39 bits per heavy atom. The van der Waals surface area contributed by atoms with Crippen molar-refractivity contribution in [1.29, 1.82) is 0 Å². The third-order valence-electron chi connectivity index (χ3n) is 4.06. The van der Waals surface area contributed by atoms with Gasteiger partial charge in [0.15, 0.2) is 0 Å². The van der Waals surface area contributed by atoms with E-state index in [0.29, 0.717) is 21.2 Å². The molecule has 1 aromatic carbocycles. The SMILES string of the molecule is Clc1ccc(C(=Cn2ccnc2)OCSC2CCCCC2)c(Cl)c1.O=[N+]([O-])O. The van der Waals surface area contributed by atoms with Crippen LogP contribution in [0.5, 0.6) is 0 Å². The minimum atomic E-state index is -1.50. The van der Waals surface area contributed by atoms with Crippen molar-refractivity contribution >= 4 is 46.9 Å². The van der Waals surface area contributed by atoms with Gasteiger partial charge in [-0.15, -0.1) is 21.9 Å². The molecule has 1 saturated carbocycles. The Labute approximate surface area is 177 Å². The number of halogens is 2. The Morgan fingerprint density at radius 2 is 2.11 bits per heavy atom. The molecule has 1 heterocycles. The molecule has 10 heteroatoms. The van der Waals surface area contributed by atoms with Gasteiger partial charge in [0, 0.05) is 28.2 Å². The van der Waals surface area contributed by atoms with Crippen LogP contribution in [0.25, 0.3) is 12.0 Å². The molecule has 3 rings (SSSR count). The molecule has 0 bridgehead atoms. The van der Waals surface area contributed by atoms with Gasteiger partial charge in [-0.1, -0.05) is 42.5 Å². The van der Waals surface area contributed by atoms with E-state index in [9.17, 15) is 0 Å². The molecular weight excluding hydrogens is 425 g/mol. The van der Waals surface area contributed by atoms with E-state index >= 15 is 0 Å². The summed E-state index contributed by atoms with van der Waals surface area (Å²) in [6, 6.07) is 5.44. The van der Waals surface area contributed by atoms with Gasteiger partial charge in [-0.05, 0) is 31.0 Å². The van der Waals surface area contributed by atoms with Gasteiger partial charge in [0.1, 0.15) is 11.7 Å². The molecular formula is C18H21Cl2N3O4S. The molecule has 1 fully saturated rings. The molecule has 152 valence electrons. The Morgan fingerprint density at radius 3 is 2.71 bits per heavy atom. The number of imidazole rings is 1. The number of thioether (sulfide) groups is 1. The summed E-state index contributed by atoms with van der Waals surface area (Å²) in [5.74, 6) is 1.34. The normalized spacial score (nSPS) is 14.9. The zero-order chi connectivity index (χ0) is 20.4. The largest absolute Gasteiger partial charge is 0.481 e. The maximum absolute atomic E-state index is 8.36. The average molecular weight is 446 g/mol. The summed E-state index contributed by atoms with van der Waals surface area (Å²) in [5.41, 5.74) is 0.832. The van der Waals surface area contributed by atoms with Crippen LogP contribution in [0.2, 0.25) is 10.0 Å². The molecule has 0 amide bonds. The Balaban J connectivity index is 0.000000640. The average Bonchev–Trinajstić information content (AvgIpc) is 3.15. The number of aromatic nitrogens is 2. The molecule has 1 aliphatic rings. The second kappa shape index (κ2) is 11.8. The quantitative estimate of drug-likeness (QED) is 0.260. The first-order valence-corrected chi connectivity index (χ1v) is 10.5. The molecule has 0 unspecified atom stereocenters. The molecule has 0 atom stereocenters. The maximum Gasteiger partial charge on any atom is 0.291 e. The fourth-order valence-electron chi connectivity index (χ4n) is 2.78. The lowest BCUT2D eigenvalue weighted by Crippen LogP contribution is -2.09. The number of ether oxygens (including phenoxy) is 1. The first-order chi connectivity index (χ1) is 13.5. The molecule has 0 radical (unpaired) electrons. The zero-order valence-electron chi connectivity index (χ0n) is 15.0. The monoisotopic (exact) mass is 445 g/mol. The van der Waals surface area contributed by atoms with Gasteiger partial charge in [0.25, 0.3) is 5.09 Å². The lowest BCUT2D eigenvalue weighted by Gasteiger charge is -2.21. The van der Waals surface area contributed by atoms with Crippen molar-refractivity contribution in [2.75, 3.05) is 5.94 Å². The molecule has 7 nitrogen and oxygen atoms in total. The first kappa shape index (κ1) is 22.4. The summed E-state index contributed by atoms with van der Waals surface area (Å²) in [5, 5.41) is 15.5. The summed E-state index contributed by atoms with van der Waals surface area (Å²) >= 11 is 14.2. The molecule has 1 N–H and O–H groups in total. The number of hydrogen-bond acceptors (Lipinski definition) is 5. The van der Waals surface area contributed by atoms with E-state index in [4.69, 9.17) is 43.3 Å². The van der Waals surface area contributed by atoms with Crippen LogP contribution in [0.1, 0.15) is 37.7 Å². The maximum atomic E-state index is 8.36. The third-order valence-corrected chi connectivity index (χ3v) is 5.80. The predicted molar refractivity (Wildman–Crippen MR) is 112 cm³/mol. The number of rotatable bonds is 6. The second-order valence-electron chi connectivity index (χ2n) is 6.05. The summed E-state index contributed by atoms with van der Waals surface area (Å²) in [7, 11) is 0. The van der Waals surface area contributed by atoms with Gasteiger partial charge >= 0.3 is 0 Å². The van der Waals surface area contributed by atoms with Crippen molar-refractivity contribution in [3.05, 3.63) is 62.6 Å². The number of hydrogen-bond donors (Lipinski definition) is 1. The van der Waals surface area contributed by atoms with Crippen molar-refractivity contribution in [3.63, 3.8) is 0 Å². The van der Waals surface area contributed by atoms with Gasteiger partial charge in [-0.2, -0.15) is 0 Å². The lowest BCUT2D eigenvalue weighted by molar-refractivity contribution is -0.742. The topological polar surface area (TPSA) is 90.4 Å². The summed E-state index contributed by atoms with van der Waals surface area (Å²) in [6.07, 6.45) is 13.8. The molecule has 1 aromatic heterocycles. The van der Waals surface area contributed by atoms with Crippen LogP contribution < -0.4 is 0 Å². The van der Waals surface area contributed by atoms with Crippen molar-refractivity contribution in [1.82, 2.24) is 9.55 Å². The summed E-state index contributed by atoms with van der Waals surface area (Å²) in [6.45, 7) is 0. The van der Waals surface area contributed by atoms with E-state index in [1.807, 2.05) is 40.9 Å². The van der Waals surface area contributed by atoms with E-state index in [0.717, 1.165) is 11.3 Å². The highest BCUT2D eigenvalue weighted by molar-refractivity contribution is 7.99. The van der Waals surface area contributed by atoms with Crippen molar-refractivity contribution < 1.29 is 15.0 Å². The van der Waals surface area contributed by atoms with Gasteiger partial charge in [-0.25, -0.2) is 4.98 Å². The van der Waals surface area contributed by atoms with Crippen LogP contribution in [-0.2, 0) is 4.74 Å². The first-order valence-electron chi connectivity index (χ1n) is 8.68. The van der Waals surface area contributed by atoms with Crippen molar-refractivity contribution in [3.8, 4) is 0 Å². The summed E-state index contributed by atoms with van der Waals surface area (Å²) < 4.78 is 7.93. The predicted octanol–water partition coefficient (Wildman–Crippen LogP) is 5.84.